The van der Waals surface area contributed by atoms with Crippen LogP contribution in [-0.4, -0.2) is 88.5 Å². The lowest BCUT2D eigenvalue weighted by Gasteiger charge is -2.42. The highest BCUT2D eigenvalue weighted by atomic mass is 19.1. The van der Waals surface area contributed by atoms with Crippen molar-refractivity contribution in [1.82, 2.24) is 25.1 Å². The molecule has 0 spiro atoms. The Balaban J connectivity index is 1.22. The van der Waals surface area contributed by atoms with E-state index in [1.165, 1.54) is 17.7 Å². The number of carbonyl (C=O) groups excluding carboxylic acids is 2. The Labute approximate surface area is 247 Å². The van der Waals surface area contributed by atoms with Crippen LogP contribution in [0.15, 0.2) is 42.9 Å². The third kappa shape index (κ3) is 5.14. The average molecular weight is 576 g/mol. The van der Waals surface area contributed by atoms with Gasteiger partial charge < -0.3 is 24.9 Å². The molecule has 42 heavy (non-hydrogen) atoms. The molecule has 4 heterocycles. The van der Waals surface area contributed by atoms with Gasteiger partial charge in [-0.25, -0.2) is 14.4 Å². The molecular weight excluding hydrogens is 533 g/mol. The van der Waals surface area contributed by atoms with Crippen molar-refractivity contribution >= 4 is 29.0 Å². The van der Waals surface area contributed by atoms with E-state index in [4.69, 9.17) is 4.98 Å². The molecule has 1 unspecified atom stereocenters. The van der Waals surface area contributed by atoms with Gasteiger partial charge in [-0.2, -0.15) is 0 Å². The molecule has 2 amide bonds. The maximum atomic E-state index is 14.5. The van der Waals surface area contributed by atoms with Gasteiger partial charge in [-0.1, -0.05) is 12.2 Å². The van der Waals surface area contributed by atoms with E-state index in [1.807, 2.05) is 30.6 Å². The molecule has 2 saturated heterocycles. The van der Waals surface area contributed by atoms with Gasteiger partial charge in [-0.3, -0.25) is 9.59 Å². The number of amides is 2. The summed E-state index contributed by atoms with van der Waals surface area (Å²) in [6.45, 7) is 13.4. The van der Waals surface area contributed by atoms with Crippen LogP contribution in [0.25, 0.3) is 0 Å². The zero-order valence-electron chi connectivity index (χ0n) is 24.9. The van der Waals surface area contributed by atoms with Crippen LogP contribution in [0, 0.1) is 11.7 Å². The summed E-state index contributed by atoms with van der Waals surface area (Å²) in [4.78, 5) is 44.3. The van der Waals surface area contributed by atoms with Gasteiger partial charge >= 0.3 is 0 Å². The second-order valence-corrected chi connectivity index (χ2v) is 12.4. The SMILES string of the molecule is C=C1C[C@@H]2CC1[C@@H](C(=O)N1CCC[C@H](N3CCN(c4ccc(F)cc4C(=O)N(CC)C(C)C)c4cncnc43)CC1)N2. The predicted molar refractivity (Wildman–Crippen MR) is 161 cm³/mol. The van der Waals surface area contributed by atoms with E-state index >= 15 is 0 Å². The monoisotopic (exact) mass is 575 g/mol. The first-order chi connectivity index (χ1) is 20.3. The smallest absolute Gasteiger partial charge is 0.256 e. The summed E-state index contributed by atoms with van der Waals surface area (Å²) in [6.07, 6.45) is 8.11. The molecule has 4 aliphatic rings. The molecule has 224 valence electrons. The standard InChI is InChI=1S/C32H42FN7O2/c1-5-38(20(2)3)31(41)26-16-22(33)8-9-27(26)40-14-13-39(30-28(40)18-34-19-35-30)24-7-6-11-37(12-10-24)32(42)29-25-17-23(36-29)15-21(25)4/h8-9,16,18-20,23-25,29,36H,4-7,10-15,17H2,1-3H3/t23-,24+,25?,29+/m1/s1. The number of hydrogen-bond acceptors (Lipinski definition) is 7. The molecule has 2 bridgehead atoms. The molecular formula is C32H42FN7O2. The summed E-state index contributed by atoms with van der Waals surface area (Å²) in [5, 5.41) is 3.54. The first-order valence-corrected chi connectivity index (χ1v) is 15.4. The van der Waals surface area contributed by atoms with Gasteiger partial charge in [0.15, 0.2) is 5.82 Å². The highest BCUT2D eigenvalue weighted by molar-refractivity contribution is 6.01. The van der Waals surface area contributed by atoms with Crippen LogP contribution >= 0.6 is 0 Å². The van der Waals surface area contributed by atoms with Crippen LogP contribution < -0.4 is 15.1 Å². The highest BCUT2D eigenvalue weighted by Gasteiger charge is 2.46. The number of piperidine rings is 1. The number of rotatable bonds is 6. The van der Waals surface area contributed by atoms with Crippen LogP contribution in [0.2, 0.25) is 0 Å². The zero-order chi connectivity index (χ0) is 29.5. The van der Waals surface area contributed by atoms with Crippen LogP contribution in [-0.2, 0) is 4.79 Å². The number of nitrogens with one attached hydrogen (secondary N) is 1. The van der Waals surface area contributed by atoms with Crippen LogP contribution in [0.3, 0.4) is 0 Å². The summed E-state index contributed by atoms with van der Waals surface area (Å²) in [6, 6.07) is 4.93. The lowest BCUT2D eigenvalue weighted by Crippen LogP contribution is -2.50. The molecule has 10 heteroatoms. The molecule has 6 rings (SSSR count). The molecule has 4 atom stereocenters. The third-order valence-electron chi connectivity index (χ3n) is 9.61. The number of nitrogens with zero attached hydrogens (tertiary/aromatic N) is 6. The molecule has 1 aromatic heterocycles. The van der Waals surface area contributed by atoms with E-state index in [1.54, 1.807) is 23.5 Å². The molecule has 9 nitrogen and oxygen atoms in total. The van der Waals surface area contributed by atoms with Gasteiger partial charge in [0.1, 0.15) is 17.8 Å². The topological polar surface area (TPSA) is 84.9 Å². The number of likely N-dealkylation sites (tertiary alicyclic amines) is 1. The minimum Gasteiger partial charge on any atom is -0.350 e. The molecule has 3 fully saturated rings. The number of anilines is 3. The van der Waals surface area contributed by atoms with E-state index in [0.717, 1.165) is 50.2 Å². The predicted octanol–water partition coefficient (Wildman–Crippen LogP) is 4.13. The third-order valence-corrected chi connectivity index (χ3v) is 9.61. The average Bonchev–Trinajstić information content (AvgIpc) is 3.47. The Bertz CT molecular complexity index is 1370. The summed E-state index contributed by atoms with van der Waals surface area (Å²) < 4.78 is 14.5. The normalized spacial score (nSPS) is 25.5. The van der Waals surface area contributed by atoms with Crippen LogP contribution in [0.5, 0.6) is 0 Å². The van der Waals surface area contributed by atoms with E-state index in [9.17, 15) is 14.0 Å². The highest BCUT2D eigenvalue weighted by Crippen LogP contribution is 2.41. The summed E-state index contributed by atoms with van der Waals surface area (Å²) in [5.74, 6) is 0.669. The second-order valence-electron chi connectivity index (χ2n) is 12.4. The Morgan fingerprint density at radius 3 is 2.74 bits per heavy atom. The Morgan fingerprint density at radius 2 is 2.00 bits per heavy atom. The van der Waals surface area contributed by atoms with E-state index in [-0.39, 0.29) is 35.9 Å². The molecule has 1 aromatic carbocycles. The van der Waals surface area contributed by atoms with Gasteiger partial charge in [-0.15, -0.1) is 0 Å². The van der Waals surface area contributed by atoms with Crippen LogP contribution in [0.4, 0.5) is 21.6 Å². The van der Waals surface area contributed by atoms with Gasteiger partial charge in [0.25, 0.3) is 5.91 Å². The first-order valence-electron chi connectivity index (χ1n) is 15.4. The van der Waals surface area contributed by atoms with E-state index in [0.29, 0.717) is 43.5 Å². The number of hydrogen-bond donors (Lipinski definition) is 1. The minimum atomic E-state index is -0.437. The second kappa shape index (κ2) is 11.6. The lowest BCUT2D eigenvalue weighted by atomic mass is 9.94. The Morgan fingerprint density at radius 1 is 1.17 bits per heavy atom. The molecule has 3 aliphatic heterocycles. The maximum Gasteiger partial charge on any atom is 0.256 e. The summed E-state index contributed by atoms with van der Waals surface area (Å²) >= 11 is 0. The molecule has 0 radical (unpaired) electrons. The maximum absolute atomic E-state index is 14.5. The number of fused-ring (bicyclic) bond motifs is 3. The first kappa shape index (κ1) is 28.6. The molecule has 1 N–H and O–H groups in total. The quantitative estimate of drug-likeness (QED) is 0.519. The van der Waals surface area contributed by atoms with Gasteiger partial charge in [0.2, 0.25) is 5.91 Å². The van der Waals surface area contributed by atoms with Crippen molar-refractivity contribution in [3.05, 3.63) is 54.3 Å². The number of carbonyl (C=O) groups is 2. The molecule has 2 aromatic rings. The Hall–Kier alpha value is -3.53. The molecule has 1 saturated carbocycles. The fourth-order valence-corrected chi connectivity index (χ4v) is 7.52. The van der Waals surface area contributed by atoms with Crippen molar-refractivity contribution in [2.24, 2.45) is 5.92 Å². The summed E-state index contributed by atoms with van der Waals surface area (Å²) in [5.41, 5.74) is 3.03. The van der Waals surface area contributed by atoms with Gasteiger partial charge in [0, 0.05) is 56.8 Å². The van der Waals surface area contributed by atoms with Crippen molar-refractivity contribution < 1.29 is 14.0 Å². The van der Waals surface area contributed by atoms with Gasteiger partial charge in [-0.05, 0) is 71.1 Å². The molecule has 1 aliphatic carbocycles. The fraction of sp³-hybridized carbons (Fsp3) is 0.562. The van der Waals surface area contributed by atoms with E-state index in [2.05, 4.69) is 21.8 Å². The van der Waals surface area contributed by atoms with Crippen LogP contribution in [0.1, 0.15) is 63.2 Å². The fourth-order valence-electron chi connectivity index (χ4n) is 7.52. The van der Waals surface area contributed by atoms with E-state index < -0.39 is 5.82 Å². The van der Waals surface area contributed by atoms with Gasteiger partial charge in [0.05, 0.1) is 23.5 Å². The van der Waals surface area contributed by atoms with Crippen molar-refractivity contribution in [1.29, 1.82) is 0 Å². The van der Waals surface area contributed by atoms with Crippen molar-refractivity contribution in [3.63, 3.8) is 0 Å². The number of benzene rings is 1. The lowest BCUT2D eigenvalue weighted by molar-refractivity contribution is -0.134. The Kier molecular flexibility index (Phi) is 7.91. The zero-order valence-corrected chi connectivity index (χ0v) is 24.9. The van der Waals surface area contributed by atoms with Crippen molar-refractivity contribution in [2.75, 3.05) is 42.5 Å². The largest absolute Gasteiger partial charge is 0.350 e. The number of aromatic nitrogens is 2. The summed E-state index contributed by atoms with van der Waals surface area (Å²) in [7, 11) is 0. The van der Waals surface area contributed by atoms with Crippen molar-refractivity contribution in [2.45, 2.75) is 77.0 Å². The minimum absolute atomic E-state index is 0.00816. The van der Waals surface area contributed by atoms with Crippen molar-refractivity contribution in [3.8, 4) is 0 Å². The number of halogens is 1.